The van der Waals surface area contributed by atoms with Crippen LogP contribution in [-0.2, 0) is 0 Å². The minimum atomic E-state index is 1.17. The molecule has 0 radical (unpaired) electrons. The highest BCUT2D eigenvalue weighted by atomic mass is 15.2. The molecular weight excluding hydrogens is 863 g/mol. The van der Waals surface area contributed by atoms with Gasteiger partial charge in [-0.3, -0.25) is 4.90 Å². The molecule has 5 heteroatoms. The third kappa shape index (κ3) is 53.0. The smallest absolute Gasteiger partial charge is 0.0110 e. The Morgan fingerprint density at radius 2 is 0.507 bits per heavy atom. The molecule has 2 fully saturated rings. The van der Waals surface area contributed by atoms with Gasteiger partial charge in [-0.25, -0.2) is 0 Å². The Balaban J connectivity index is 0.00000111. The molecule has 0 saturated carbocycles. The van der Waals surface area contributed by atoms with Crippen molar-refractivity contribution in [2.45, 2.75) is 335 Å². The highest BCUT2D eigenvalue weighted by Gasteiger charge is 2.14. The van der Waals surface area contributed by atoms with Crippen molar-refractivity contribution in [3.05, 3.63) is 0 Å². The van der Waals surface area contributed by atoms with Gasteiger partial charge in [0.15, 0.2) is 0 Å². The first-order chi connectivity index (χ1) is 35.2. The summed E-state index contributed by atoms with van der Waals surface area (Å²) in [6.07, 6.45) is 71.2. The Morgan fingerprint density at radius 3 is 0.803 bits per heavy atom. The number of hydrogen-bond donors (Lipinski definition) is 1. The van der Waals surface area contributed by atoms with Crippen molar-refractivity contribution in [1.82, 2.24) is 24.9 Å². The maximum atomic E-state index is 3.56. The molecule has 2 aliphatic heterocycles. The van der Waals surface area contributed by atoms with Gasteiger partial charge in [0.2, 0.25) is 0 Å². The second-order valence-corrected chi connectivity index (χ2v) is 23.8. The molecule has 0 unspecified atom stereocenters. The normalized spacial score (nSPS) is 18.3. The van der Waals surface area contributed by atoms with Crippen LogP contribution < -0.4 is 5.32 Å². The van der Waals surface area contributed by atoms with Crippen molar-refractivity contribution < 1.29 is 0 Å². The van der Waals surface area contributed by atoms with Crippen LogP contribution in [0.4, 0.5) is 0 Å². The Labute approximate surface area is 450 Å². The van der Waals surface area contributed by atoms with Crippen molar-refractivity contribution >= 4 is 0 Å². The molecular formula is C66H137N5. The molecule has 0 spiro atoms. The molecule has 0 atom stereocenters. The number of nitrogens with one attached hydrogen (secondary N) is 1. The average molecular weight is 1000 g/mol. The van der Waals surface area contributed by atoms with Crippen LogP contribution in [0.15, 0.2) is 0 Å². The number of nitrogens with zero attached hydrogens (tertiary/aromatic N) is 4. The van der Waals surface area contributed by atoms with Gasteiger partial charge in [0.1, 0.15) is 0 Å². The van der Waals surface area contributed by atoms with E-state index in [1.807, 2.05) is 0 Å². The van der Waals surface area contributed by atoms with Crippen molar-refractivity contribution in [3.8, 4) is 0 Å². The molecule has 1 N–H and O–H groups in total. The van der Waals surface area contributed by atoms with Crippen LogP contribution in [0, 0.1) is 0 Å². The third-order valence-corrected chi connectivity index (χ3v) is 16.7. The third-order valence-electron chi connectivity index (χ3n) is 16.7. The molecule has 0 aromatic heterocycles. The van der Waals surface area contributed by atoms with Crippen molar-refractivity contribution in [2.75, 3.05) is 92.1 Å². The molecule has 0 aliphatic carbocycles. The zero-order valence-electron chi connectivity index (χ0n) is 50.1. The van der Waals surface area contributed by atoms with Crippen LogP contribution in [0.25, 0.3) is 0 Å². The van der Waals surface area contributed by atoms with E-state index in [1.165, 1.54) is 400 Å². The van der Waals surface area contributed by atoms with Gasteiger partial charge in [0.05, 0.1) is 0 Å². The molecule has 0 aromatic carbocycles. The lowest BCUT2D eigenvalue weighted by molar-refractivity contribution is 0.163. The Kier molecular flexibility index (Phi) is 57.2. The number of rotatable bonds is 34. The Morgan fingerprint density at radius 1 is 0.268 bits per heavy atom. The molecule has 2 rings (SSSR count). The predicted molar refractivity (Wildman–Crippen MR) is 323 cm³/mol. The molecule has 426 valence electrons. The van der Waals surface area contributed by atoms with E-state index in [1.54, 1.807) is 0 Å². The lowest BCUT2D eigenvalue weighted by Gasteiger charge is -2.32. The van der Waals surface area contributed by atoms with E-state index >= 15 is 0 Å². The maximum Gasteiger partial charge on any atom is 0.0110 e. The topological polar surface area (TPSA) is 25.0 Å². The number of piperazine rings is 1. The van der Waals surface area contributed by atoms with E-state index in [-0.39, 0.29) is 0 Å². The van der Waals surface area contributed by atoms with E-state index in [0.29, 0.717) is 0 Å². The first-order valence-corrected chi connectivity index (χ1v) is 33.8. The van der Waals surface area contributed by atoms with E-state index in [9.17, 15) is 0 Å². The molecule has 5 nitrogen and oxygen atoms in total. The molecule has 2 saturated heterocycles. The van der Waals surface area contributed by atoms with E-state index in [2.05, 4.69) is 52.7 Å². The summed E-state index contributed by atoms with van der Waals surface area (Å²) in [5.74, 6) is 0. The number of hydrogen-bond acceptors (Lipinski definition) is 5. The van der Waals surface area contributed by atoms with Crippen molar-refractivity contribution in [3.63, 3.8) is 0 Å². The standard InChI is InChI=1S/C48H98N4.C18H39N/c1-2-3-4-5-6-7-8-23-28-31-34-37-42-51(47-48-52-43-38-49-39-44-52)46-45-50-40-35-32-29-26-24-21-19-17-15-13-11-9-10-12-14-16-18-20-22-25-27-30-33-36-41-50;1-4-6-8-10-12-14-16-18-19(3)17-15-13-11-9-7-5-2/h49H,2-48H2,1H3;4-18H2,1-3H3. The number of unbranched alkanes of at least 4 members (excludes halogenated alkanes) is 22. The van der Waals surface area contributed by atoms with Crippen molar-refractivity contribution in [1.29, 1.82) is 0 Å². The zero-order chi connectivity index (χ0) is 50.9. The molecule has 0 aromatic rings. The van der Waals surface area contributed by atoms with Crippen LogP contribution in [-0.4, -0.2) is 112 Å². The fourth-order valence-electron chi connectivity index (χ4n) is 11.5. The van der Waals surface area contributed by atoms with Crippen LogP contribution in [0.5, 0.6) is 0 Å². The predicted octanol–water partition coefficient (Wildman–Crippen LogP) is 19.6. The molecule has 0 amide bonds. The van der Waals surface area contributed by atoms with Gasteiger partial charge in [-0.05, 0) is 71.9 Å². The maximum absolute atomic E-state index is 3.56. The van der Waals surface area contributed by atoms with E-state index < -0.39 is 0 Å². The minimum absolute atomic E-state index is 1.17. The second kappa shape index (κ2) is 59.1. The largest absolute Gasteiger partial charge is 0.314 e. The first kappa shape index (κ1) is 68.8. The molecule has 71 heavy (non-hydrogen) atoms. The van der Waals surface area contributed by atoms with Gasteiger partial charge >= 0.3 is 0 Å². The lowest BCUT2D eigenvalue weighted by atomic mass is 10.0. The summed E-state index contributed by atoms with van der Waals surface area (Å²) in [5.41, 5.74) is 0. The summed E-state index contributed by atoms with van der Waals surface area (Å²) < 4.78 is 0. The molecule has 0 bridgehead atoms. The minimum Gasteiger partial charge on any atom is -0.314 e. The molecule has 2 aliphatic rings. The van der Waals surface area contributed by atoms with Gasteiger partial charge < -0.3 is 20.0 Å². The summed E-state index contributed by atoms with van der Waals surface area (Å²) in [6, 6.07) is 0. The van der Waals surface area contributed by atoms with E-state index in [0.717, 1.165) is 0 Å². The fourth-order valence-corrected chi connectivity index (χ4v) is 11.5. The fraction of sp³-hybridized carbons (Fsp3) is 1.00. The lowest BCUT2D eigenvalue weighted by Crippen LogP contribution is -2.47. The van der Waals surface area contributed by atoms with Crippen LogP contribution in [0.1, 0.15) is 335 Å². The van der Waals surface area contributed by atoms with Crippen LogP contribution >= 0.6 is 0 Å². The van der Waals surface area contributed by atoms with Gasteiger partial charge in [0, 0.05) is 52.4 Å². The average Bonchev–Trinajstić information content (AvgIpc) is 3.38. The van der Waals surface area contributed by atoms with E-state index in [4.69, 9.17) is 0 Å². The highest BCUT2D eigenvalue weighted by Crippen LogP contribution is 2.18. The summed E-state index contributed by atoms with van der Waals surface area (Å²) in [7, 11) is 2.29. The van der Waals surface area contributed by atoms with Crippen LogP contribution in [0.3, 0.4) is 0 Å². The summed E-state index contributed by atoms with van der Waals surface area (Å²) in [5, 5.41) is 3.56. The van der Waals surface area contributed by atoms with Crippen LogP contribution in [0.2, 0.25) is 0 Å². The zero-order valence-corrected chi connectivity index (χ0v) is 50.1. The van der Waals surface area contributed by atoms with Crippen molar-refractivity contribution in [2.24, 2.45) is 0 Å². The first-order valence-electron chi connectivity index (χ1n) is 33.8. The molecule has 2 heterocycles. The summed E-state index contributed by atoms with van der Waals surface area (Å²) in [4.78, 5) is 11.0. The Hall–Kier alpha value is -0.200. The monoisotopic (exact) mass is 1000 g/mol. The second-order valence-electron chi connectivity index (χ2n) is 23.8. The highest BCUT2D eigenvalue weighted by molar-refractivity contribution is 4.72. The SMILES string of the molecule is CCCCCCCCCCCCCCN(CCN1CCCCCCCCCCCCCCCCCCCCCCCCCC1)CCN1CCNCC1.CCCCCCCCCN(C)CCCCCCCC. The van der Waals surface area contributed by atoms with Gasteiger partial charge in [-0.2, -0.15) is 0 Å². The quantitative estimate of drug-likeness (QED) is 0.0648. The van der Waals surface area contributed by atoms with Gasteiger partial charge in [-0.15, -0.1) is 0 Å². The summed E-state index contributed by atoms with van der Waals surface area (Å²) >= 11 is 0. The Bertz CT molecular complexity index is 926. The van der Waals surface area contributed by atoms with Gasteiger partial charge in [0.25, 0.3) is 0 Å². The summed E-state index contributed by atoms with van der Waals surface area (Å²) in [6.45, 7) is 23.4. The van der Waals surface area contributed by atoms with Gasteiger partial charge in [-0.1, -0.05) is 303 Å².